The van der Waals surface area contributed by atoms with Crippen molar-refractivity contribution < 1.29 is 9.47 Å². The molecule has 1 aliphatic rings. The fourth-order valence-corrected chi connectivity index (χ4v) is 2.05. The van der Waals surface area contributed by atoms with Crippen LogP contribution in [0.25, 0.3) is 0 Å². The van der Waals surface area contributed by atoms with Gasteiger partial charge in [0.05, 0.1) is 17.8 Å². The van der Waals surface area contributed by atoms with E-state index < -0.39 is 0 Å². The van der Waals surface area contributed by atoms with Crippen LogP contribution in [0.5, 0.6) is 0 Å². The fourth-order valence-electron chi connectivity index (χ4n) is 2.05. The van der Waals surface area contributed by atoms with Crippen molar-refractivity contribution in [2.24, 2.45) is 5.92 Å². The first kappa shape index (κ1) is 10.0. The maximum atomic E-state index is 5.72. The van der Waals surface area contributed by atoms with Crippen molar-refractivity contribution in [2.45, 2.75) is 51.9 Å². The molecule has 1 unspecified atom stereocenters. The molecule has 1 heterocycles. The number of ether oxygens (including phenoxy) is 2. The van der Waals surface area contributed by atoms with E-state index in [4.69, 9.17) is 9.47 Å². The number of hydrogen-bond donors (Lipinski definition) is 0. The van der Waals surface area contributed by atoms with Crippen molar-refractivity contribution >= 4 is 0 Å². The minimum absolute atomic E-state index is 0.00289. The summed E-state index contributed by atoms with van der Waals surface area (Å²) in [5, 5.41) is 0. The maximum absolute atomic E-state index is 5.72. The second-order valence-electron chi connectivity index (χ2n) is 4.16. The summed E-state index contributed by atoms with van der Waals surface area (Å²) < 4.78 is 11.3. The molecule has 0 aliphatic carbocycles. The molecule has 0 N–H and O–H groups in total. The Hall–Kier alpha value is -0.0800. The molecule has 0 aromatic heterocycles. The van der Waals surface area contributed by atoms with Crippen molar-refractivity contribution in [3.63, 3.8) is 0 Å². The van der Waals surface area contributed by atoms with E-state index >= 15 is 0 Å². The molecule has 1 rings (SSSR count). The monoisotopic (exact) mass is 172 g/mol. The van der Waals surface area contributed by atoms with Crippen LogP contribution in [0.4, 0.5) is 0 Å². The van der Waals surface area contributed by atoms with Crippen LogP contribution < -0.4 is 0 Å². The summed E-state index contributed by atoms with van der Waals surface area (Å²) in [5.41, 5.74) is -0.00289. The van der Waals surface area contributed by atoms with E-state index in [1.54, 1.807) is 7.11 Å². The molecule has 0 saturated carbocycles. The topological polar surface area (TPSA) is 18.5 Å². The largest absolute Gasteiger partial charge is 0.378 e. The van der Waals surface area contributed by atoms with Gasteiger partial charge in [-0.3, -0.25) is 0 Å². The smallest absolute Gasteiger partial charge is 0.0725 e. The molecule has 0 aromatic carbocycles. The minimum atomic E-state index is -0.00289. The lowest BCUT2D eigenvalue weighted by molar-refractivity contribution is -0.175. The van der Waals surface area contributed by atoms with Crippen LogP contribution in [0.3, 0.4) is 0 Å². The van der Waals surface area contributed by atoms with E-state index in [2.05, 4.69) is 27.7 Å². The van der Waals surface area contributed by atoms with Gasteiger partial charge in [0, 0.05) is 19.4 Å². The standard InChI is InChI=1S/C10H20O2/c1-7-6-10(4,11-5)8(2)9(3)12-7/h7-9H,6H2,1-5H3/t7?,8-,9-,10+/m0/s1. The zero-order valence-electron chi connectivity index (χ0n) is 8.76. The Morgan fingerprint density at radius 2 is 1.92 bits per heavy atom. The molecular formula is C10H20O2. The lowest BCUT2D eigenvalue weighted by atomic mass is 9.80. The van der Waals surface area contributed by atoms with Crippen LogP contribution in [0.2, 0.25) is 0 Å². The Morgan fingerprint density at radius 1 is 1.33 bits per heavy atom. The van der Waals surface area contributed by atoms with Crippen LogP contribution in [0, 0.1) is 5.92 Å². The van der Waals surface area contributed by atoms with Gasteiger partial charge >= 0.3 is 0 Å². The van der Waals surface area contributed by atoms with Gasteiger partial charge in [-0.2, -0.15) is 0 Å². The van der Waals surface area contributed by atoms with Crippen LogP contribution in [0.1, 0.15) is 34.1 Å². The first-order valence-corrected chi connectivity index (χ1v) is 4.70. The third kappa shape index (κ3) is 1.64. The quantitative estimate of drug-likeness (QED) is 0.604. The van der Waals surface area contributed by atoms with Crippen LogP contribution in [-0.2, 0) is 9.47 Å². The van der Waals surface area contributed by atoms with E-state index in [9.17, 15) is 0 Å². The summed E-state index contributed by atoms with van der Waals surface area (Å²) in [5.74, 6) is 0.471. The first-order valence-electron chi connectivity index (χ1n) is 4.70. The highest BCUT2D eigenvalue weighted by Gasteiger charge is 2.41. The molecule has 0 amide bonds. The van der Waals surface area contributed by atoms with Crippen molar-refractivity contribution in [2.75, 3.05) is 7.11 Å². The summed E-state index contributed by atoms with van der Waals surface area (Å²) in [7, 11) is 1.79. The van der Waals surface area contributed by atoms with E-state index in [1.807, 2.05) is 0 Å². The van der Waals surface area contributed by atoms with Crippen molar-refractivity contribution in [1.82, 2.24) is 0 Å². The molecule has 0 spiro atoms. The molecule has 12 heavy (non-hydrogen) atoms. The predicted octanol–water partition coefficient (Wildman–Crippen LogP) is 2.22. The van der Waals surface area contributed by atoms with Crippen LogP contribution in [-0.4, -0.2) is 24.9 Å². The van der Waals surface area contributed by atoms with E-state index in [-0.39, 0.29) is 5.60 Å². The van der Waals surface area contributed by atoms with Gasteiger partial charge in [-0.05, 0) is 20.8 Å². The number of hydrogen-bond acceptors (Lipinski definition) is 2. The van der Waals surface area contributed by atoms with Crippen molar-refractivity contribution in [3.8, 4) is 0 Å². The van der Waals surface area contributed by atoms with Gasteiger partial charge in [-0.1, -0.05) is 6.92 Å². The van der Waals surface area contributed by atoms with Gasteiger partial charge in [0.25, 0.3) is 0 Å². The summed E-state index contributed by atoms with van der Waals surface area (Å²) in [6.45, 7) is 8.60. The summed E-state index contributed by atoms with van der Waals surface area (Å²) in [6.07, 6.45) is 1.62. The number of rotatable bonds is 1. The summed E-state index contributed by atoms with van der Waals surface area (Å²) >= 11 is 0. The Bertz CT molecular complexity index is 158. The molecule has 0 radical (unpaired) electrons. The Labute approximate surface area is 75.2 Å². The van der Waals surface area contributed by atoms with Gasteiger partial charge in [-0.15, -0.1) is 0 Å². The molecular weight excluding hydrogens is 152 g/mol. The van der Waals surface area contributed by atoms with Gasteiger partial charge < -0.3 is 9.47 Å². The lowest BCUT2D eigenvalue weighted by Crippen LogP contribution is -2.49. The lowest BCUT2D eigenvalue weighted by Gasteiger charge is -2.44. The zero-order chi connectivity index (χ0) is 9.35. The van der Waals surface area contributed by atoms with Gasteiger partial charge in [0.1, 0.15) is 0 Å². The number of methoxy groups -OCH3 is 1. The Kier molecular flexibility index (Phi) is 2.79. The van der Waals surface area contributed by atoms with Crippen LogP contribution >= 0.6 is 0 Å². The summed E-state index contributed by atoms with van der Waals surface area (Å²) in [6, 6.07) is 0. The SMILES string of the molecule is CO[C@]1(C)CC(C)O[C@@H](C)[C@@H]1C. The minimum Gasteiger partial charge on any atom is -0.378 e. The molecule has 2 nitrogen and oxygen atoms in total. The highest BCUT2D eigenvalue weighted by atomic mass is 16.5. The normalized spacial score (nSPS) is 49.2. The highest BCUT2D eigenvalue weighted by molar-refractivity contribution is 4.90. The predicted molar refractivity (Wildman–Crippen MR) is 49.2 cm³/mol. The van der Waals surface area contributed by atoms with Crippen molar-refractivity contribution in [1.29, 1.82) is 0 Å². The molecule has 2 heteroatoms. The fraction of sp³-hybridized carbons (Fsp3) is 1.00. The Morgan fingerprint density at radius 3 is 2.42 bits per heavy atom. The van der Waals surface area contributed by atoms with Gasteiger partial charge in [0.15, 0.2) is 0 Å². The molecule has 4 atom stereocenters. The molecule has 1 fully saturated rings. The van der Waals surface area contributed by atoms with Crippen LogP contribution in [0.15, 0.2) is 0 Å². The third-order valence-corrected chi connectivity index (χ3v) is 3.27. The molecule has 0 bridgehead atoms. The average Bonchev–Trinajstić information content (AvgIpc) is 2.00. The van der Waals surface area contributed by atoms with Crippen molar-refractivity contribution in [3.05, 3.63) is 0 Å². The second-order valence-corrected chi connectivity index (χ2v) is 4.16. The molecule has 1 saturated heterocycles. The van der Waals surface area contributed by atoms with E-state index in [1.165, 1.54) is 0 Å². The average molecular weight is 172 g/mol. The summed E-state index contributed by atoms with van der Waals surface area (Å²) in [4.78, 5) is 0. The molecule has 0 aromatic rings. The van der Waals surface area contributed by atoms with E-state index in [0.29, 0.717) is 18.1 Å². The van der Waals surface area contributed by atoms with E-state index in [0.717, 1.165) is 6.42 Å². The third-order valence-electron chi connectivity index (χ3n) is 3.27. The Balaban J connectivity index is 2.72. The molecule has 1 aliphatic heterocycles. The van der Waals surface area contributed by atoms with Gasteiger partial charge in [0.2, 0.25) is 0 Å². The maximum Gasteiger partial charge on any atom is 0.0725 e. The zero-order valence-corrected chi connectivity index (χ0v) is 8.76. The van der Waals surface area contributed by atoms with Gasteiger partial charge in [-0.25, -0.2) is 0 Å². The second kappa shape index (κ2) is 3.35. The molecule has 72 valence electrons. The highest BCUT2D eigenvalue weighted by Crippen LogP contribution is 2.35. The first-order chi connectivity index (χ1) is 5.49.